The molecule has 0 aliphatic heterocycles. The van der Waals surface area contributed by atoms with Gasteiger partial charge in [-0.25, -0.2) is 4.39 Å². The van der Waals surface area contributed by atoms with Gasteiger partial charge < -0.3 is 5.32 Å². The largest absolute Gasteiger partial charge is 0.384 e. The van der Waals surface area contributed by atoms with Crippen LogP contribution in [0.2, 0.25) is 0 Å². The number of halogens is 2. The van der Waals surface area contributed by atoms with Crippen LogP contribution < -0.4 is 5.32 Å². The zero-order valence-corrected chi connectivity index (χ0v) is 8.85. The first kappa shape index (κ1) is 10.4. The normalized spacial score (nSPS) is 17.2. The summed E-state index contributed by atoms with van der Waals surface area (Å²) in [4.78, 5) is 11.1. The van der Waals surface area contributed by atoms with Crippen molar-refractivity contribution < 1.29 is 9.18 Å². The predicted octanol–water partition coefficient (Wildman–Crippen LogP) is 2.78. The number of hydrogen-bond acceptors (Lipinski definition) is 2. The van der Waals surface area contributed by atoms with Gasteiger partial charge in [-0.1, -0.05) is 0 Å². The number of nitrogens with one attached hydrogen (secondary N) is 1. The molecular formula is C11H11ClFNO. The summed E-state index contributed by atoms with van der Waals surface area (Å²) >= 11 is 5.48. The van der Waals surface area contributed by atoms with Gasteiger partial charge in [0.05, 0.1) is 5.41 Å². The monoisotopic (exact) mass is 227 g/mol. The first-order valence-corrected chi connectivity index (χ1v) is 5.20. The van der Waals surface area contributed by atoms with E-state index in [1.807, 2.05) is 0 Å². The van der Waals surface area contributed by atoms with Gasteiger partial charge in [0.15, 0.2) is 0 Å². The highest BCUT2D eigenvalue weighted by Crippen LogP contribution is 2.47. The first-order chi connectivity index (χ1) is 7.12. The Labute approximate surface area is 92.4 Å². The second kappa shape index (κ2) is 3.81. The van der Waals surface area contributed by atoms with Crippen molar-refractivity contribution in [3.05, 3.63) is 30.1 Å². The molecule has 1 aromatic rings. The Balaban J connectivity index is 1.94. The van der Waals surface area contributed by atoms with Crippen molar-refractivity contribution >= 4 is 22.5 Å². The molecule has 0 aromatic heterocycles. The summed E-state index contributed by atoms with van der Waals surface area (Å²) in [5.41, 5.74) is 0.427. The molecule has 2 nitrogen and oxygen atoms in total. The summed E-state index contributed by atoms with van der Waals surface area (Å²) in [5.74, 6) is -0.268. The fraction of sp³-hybridized carbons (Fsp3) is 0.364. The Bertz CT molecular complexity index is 373. The average Bonchev–Trinajstić information content (AvgIpc) is 2.98. The van der Waals surface area contributed by atoms with Crippen LogP contribution in [0.4, 0.5) is 10.1 Å². The molecule has 1 aliphatic carbocycles. The standard InChI is InChI=1S/C11H11ClFNO/c12-10(15)11(5-6-11)7-14-9-3-1-8(13)2-4-9/h1-4,14H,5-7H2. The van der Waals surface area contributed by atoms with E-state index in [2.05, 4.69) is 5.32 Å². The van der Waals surface area contributed by atoms with Crippen molar-refractivity contribution in [3.63, 3.8) is 0 Å². The van der Waals surface area contributed by atoms with Gasteiger partial charge in [-0.2, -0.15) is 0 Å². The van der Waals surface area contributed by atoms with Crippen molar-refractivity contribution in [3.8, 4) is 0 Å². The molecule has 0 bridgehead atoms. The number of carbonyl (C=O) groups excluding carboxylic acids is 1. The highest BCUT2D eigenvalue weighted by Gasteiger charge is 2.48. The molecule has 2 rings (SSSR count). The van der Waals surface area contributed by atoms with E-state index in [1.165, 1.54) is 12.1 Å². The maximum atomic E-state index is 12.6. The number of anilines is 1. The van der Waals surface area contributed by atoms with Crippen molar-refractivity contribution in [2.45, 2.75) is 12.8 Å². The van der Waals surface area contributed by atoms with Gasteiger partial charge in [-0.05, 0) is 48.7 Å². The smallest absolute Gasteiger partial charge is 0.229 e. The molecular weight excluding hydrogens is 217 g/mol. The number of benzene rings is 1. The Kier molecular flexibility index (Phi) is 2.65. The third-order valence-corrected chi connectivity index (χ3v) is 3.15. The van der Waals surface area contributed by atoms with E-state index in [0.29, 0.717) is 6.54 Å². The van der Waals surface area contributed by atoms with Crippen LogP contribution in [0.25, 0.3) is 0 Å². The van der Waals surface area contributed by atoms with Crippen LogP contribution in [0.3, 0.4) is 0 Å². The Morgan fingerprint density at radius 1 is 1.40 bits per heavy atom. The minimum Gasteiger partial charge on any atom is -0.384 e. The van der Waals surface area contributed by atoms with Crippen LogP contribution in [0, 0.1) is 11.2 Å². The van der Waals surface area contributed by atoms with Crippen LogP contribution in [0.1, 0.15) is 12.8 Å². The molecule has 15 heavy (non-hydrogen) atoms. The van der Waals surface area contributed by atoms with Gasteiger partial charge in [0, 0.05) is 12.2 Å². The predicted molar refractivity (Wildman–Crippen MR) is 57.4 cm³/mol. The summed E-state index contributed by atoms with van der Waals surface area (Å²) in [7, 11) is 0. The molecule has 0 amide bonds. The Morgan fingerprint density at radius 3 is 2.47 bits per heavy atom. The molecule has 1 aliphatic rings. The van der Waals surface area contributed by atoms with E-state index in [1.54, 1.807) is 12.1 Å². The first-order valence-electron chi connectivity index (χ1n) is 4.82. The summed E-state index contributed by atoms with van der Waals surface area (Å²) in [6.07, 6.45) is 1.67. The lowest BCUT2D eigenvalue weighted by Gasteiger charge is -2.12. The van der Waals surface area contributed by atoms with Gasteiger partial charge in [0.25, 0.3) is 0 Å². The molecule has 0 saturated heterocycles. The van der Waals surface area contributed by atoms with E-state index in [0.717, 1.165) is 18.5 Å². The van der Waals surface area contributed by atoms with E-state index >= 15 is 0 Å². The fourth-order valence-electron chi connectivity index (χ4n) is 1.43. The van der Waals surface area contributed by atoms with Gasteiger partial charge in [-0.15, -0.1) is 0 Å². The SMILES string of the molecule is O=C(Cl)C1(CNc2ccc(F)cc2)CC1. The lowest BCUT2D eigenvalue weighted by molar-refractivity contribution is -0.115. The van der Waals surface area contributed by atoms with Crippen molar-refractivity contribution in [1.29, 1.82) is 0 Å². The summed E-state index contributed by atoms with van der Waals surface area (Å²) in [5, 5.41) is 2.80. The molecule has 1 N–H and O–H groups in total. The minimum absolute atomic E-state index is 0.268. The quantitative estimate of drug-likeness (QED) is 0.802. The highest BCUT2D eigenvalue weighted by molar-refractivity contribution is 6.65. The van der Waals surface area contributed by atoms with Crippen molar-refractivity contribution in [1.82, 2.24) is 0 Å². The highest BCUT2D eigenvalue weighted by atomic mass is 35.5. The van der Waals surface area contributed by atoms with Crippen molar-refractivity contribution in [2.24, 2.45) is 5.41 Å². The number of rotatable bonds is 4. The summed E-state index contributed by atoms with van der Waals surface area (Å²) in [6.45, 7) is 0.529. The number of carbonyl (C=O) groups is 1. The van der Waals surface area contributed by atoms with E-state index in [9.17, 15) is 9.18 Å². The second-order valence-electron chi connectivity index (χ2n) is 3.91. The molecule has 1 fully saturated rings. The van der Waals surface area contributed by atoms with Gasteiger partial charge in [0.2, 0.25) is 5.24 Å². The maximum Gasteiger partial charge on any atom is 0.229 e. The third kappa shape index (κ3) is 2.29. The molecule has 0 spiro atoms. The zero-order valence-electron chi connectivity index (χ0n) is 8.09. The Morgan fingerprint density at radius 2 is 2.00 bits per heavy atom. The maximum absolute atomic E-state index is 12.6. The summed E-state index contributed by atoms with van der Waals surface area (Å²) in [6, 6.07) is 6.04. The second-order valence-corrected chi connectivity index (χ2v) is 4.26. The van der Waals surface area contributed by atoms with Crippen LogP contribution >= 0.6 is 11.6 Å². The van der Waals surface area contributed by atoms with E-state index in [-0.39, 0.29) is 16.5 Å². The lowest BCUT2D eigenvalue weighted by atomic mass is 10.1. The number of hydrogen-bond donors (Lipinski definition) is 1. The van der Waals surface area contributed by atoms with Gasteiger partial charge in [-0.3, -0.25) is 4.79 Å². The molecule has 0 atom stereocenters. The third-order valence-electron chi connectivity index (χ3n) is 2.75. The molecule has 0 radical (unpaired) electrons. The summed E-state index contributed by atoms with van der Waals surface area (Å²) < 4.78 is 12.6. The average molecular weight is 228 g/mol. The molecule has 0 unspecified atom stereocenters. The molecule has 4 heteroatoms. The molecule has 1 saturated carbocycles. The van der Waals surface area contributed by atoms with Crippen LogP contribution in [-0.2, 0) is 4.79 Å². The Hall–Kier alpha value is -1.09. The lowest BCUT2D eigenvalue weighted by Crippen LogP contribution is -2.21. The van der Waals surface area contributed by atoms with Gasteiger partial charge in [0.1, 0.15) is 5.82 Å². The van der Waals surface area contributed by atoms with Crippen LogP contribution in [-0.4, -0.2) is 11.8 Å². The van der Waals surface area contributed by atoms with Gasteiger partial charge >= 0.3 is 0 Å². The fourth-order valence-corrected chi connectivity index (χ4v) is 1.69. The molecule has 1 aromatic carbocycles. The van der Waals surface area contributed by atoms with Crippen LogP contribution in [0.5, 0.6) is 0 Å². The van der Waals surface area contributed by atoms with E-state index in [4.69, 9.17) is 11.6 Å². The molecule has 0 heterocycles. The van der Waals surface area contributed by atoms with E-state index < -0.39 is 0 Å². The zero-order chi connectivity index (χ0) is 10.9. The molecule has 80 valence electrons. The minimum atomic E-state index is -0.379. The topological polar surface area (TPSA) is 29.1 Å². The van der Waals surface area contributed by atoms with Crippen LogP contribution in [0.15, 0.2) is 24.3 Å². The van der Waals surface area contributed by atoms with Crippen molar-refractivity contribution in [2.75, 3.05) is 11.9 Å².